The van der Waals surface area contributed by atoms with Crippen LogP contribution in [0.4, 0.5) is 0 Å². The van der Waals surface area contributed by atoms with Gasteiger partial charge in [0.25, 0.3) is 0 Å². The van der Waals surface area contributed by atoms with Crippen molar-refractivity contribution in [2.75, 3.05) is 0 Å². The Morgan fingerprint density at radius 1 is 0.315 bits per heavy atom. The van der Waals surface area contributed by atoms with Crippen molar-refractivity contribution in [3.8, 4) is 11.1 Å². The molecule has 11 aromatic rings. The molecule has 1 heterocycles. The summed E-state index contributed by atoms with van der Waals surface area (Å²) in [6.45, 7) is 10.3. The summed E-state index contributed by atoms with van der Waals surface area (Å²) in [6.07, 6.45) is 0. The van der Waals surface area contributed by atoms with E-state index in [4.69, 9.17) is 0 Å². The van der Waals surface area contributed by atoms with Crippen LogP contribution in [0.25, 0.3) is 97.3 Å². The number of rotatable bonds is 2. The summed E-state index contributed by atoms with van der Waals surface area (Å²) < 4.78 is 0.0438. The lowest BCUT2D eigenvalue weighted by Crippen LogP contribution is -2.62. The maximum Gasteiger partial charge on any atom is 0.0645 e. The Morgan fingerprint density at radius 2 is 0.630 bits per heavy atom. The van der Waals surface area contributed by atoms with Gasteiger partial charge in [-0.05, 0) is 355 Å². The van der Waals surface area contributed by atoms with E-state index >= 15 is 0 Å². The summed E-state index contributed by atoms with van der Waals surface area (Å²) in [5.41, 5.74) is 50.0. The van der Waals surface area contributed by atoms with Crippen LogP contribution in [-0.2, 0) is 10.2 Å². The van der Waals surface area contributed by atoms with Gasteiger partial charge in [0.2, 0.25) is 0 Å². The van der Waals surface area contributed by atoms with Gasteiger partial charge in [0.1, 0.15) is 0 Å². The highest BCUT2D eigenvalue weighted by molar-refractivity contribution is 8.00. The maximum atomic E-state index is 2.93. The molecule has 23 aliphatic rings. The van der Waals surface area contributed by atoms with Crippen molar-refractivity contribution in [3.05, 3.63) is 140 Å². The molecule has 0 radical (unpaired) electrons. The third-order valence-corrected chi connectivity index (χ3v) is 33.4. The molecule has 2 spiro atoms. The zero-order valence-corrected chi connectivity index (χ0v) is 41.1. The Labute approximate surface area is 419 Å². The molecule has 1 aliphatic heterocycles. The van der Waals surface area contributed by atoms with E-state index in [1.54, 1.807) is 11.1 Å². The first-order valence-electron chi connectivity index (χ1n) is 30.1. The molecule has 1 heteroatoms. The minimum Gasteiger partial charge on any atom is -0.112 e. The molecule has 11 aromatic carbocycles. The van der Waals surface area contributed by atoms with Crippen molar-refractivity contribution in [2.24, 2.45) is 11.8 Å². The highest BCUT2D eigenvalue weighted by Crippen LogP contribution is 3.01. The van der Waals surface area contributed by atoms with E-state index in [0.29, 0.717) is 130 Å². The van der Waals surface area contributed by atoms with Gasteiger partial charge in [0.05, 0.1) is 4.75 Å². The van der Waals surface area contributed by atoms with Crippen LogP contribution < -0.4 is 0 Å². The van der Waals surface area contributed by atoms with Crippen LogP contribution in [0.5, 0.6) is 0 Å². The Hall–Kier alpha value is -5.37. The van der Waals surface area contributed by atoms with Gasteiger partial charge in [-0.2, -0.15) is 0 Å². The van der Waals surface area contributed by atoms with Crippen LogP contribution in [0.2, 0.25) is 0 Å². The van der Waals surface area contributed by atoms with E-state index in [2.05, 4.69) is 62.7 Å². The van der Waals surface area contributed by atoms with Gasteiger partial charge in [0, 0.05) is 10.3 Å². The Balaban J connectivity index is 0.998. The average molecular weight is 933 g/mol. The molecule has 0 bridgehead atoms. The second-order valence-corrected chi connectivity index (χ2v) is 32.6. The van der Waals surface area contributed by atoms with Crippen molar-refractivity contribution in [1.29, 1.82) is 0 Å². The van der Waals surface area contributed by atoms with Crippen molar-refractivity contribution < 1.29 is 0 Å². The zero-order chi connectivity index (χ0) is 44.1. The quantitative estimate of drug-likeness (QED) is 0.156. The first-order chi connectivity index (χ1) is 36.1. The summed E-state index contributed by atoms with van der Waals surface area (Å²) >= 11 is 2.64. The molecule has 0 N–H and O–H groups in total. The average Bonchev–Trinajstić information content (AvgIpc) is 4.38. The van der Waals surface area contributed by atoms with Gasteiger partial charge in [0.15, 0.2) is 0 Å². The molecule has 0 aromatic heterocycles. The third kappa shape index (κ3) is 1.71. The topological polar surface area (TPSA) is 0 Å². The standard InChI is InChI=1S/C72H36S/c1-7(2)9-5-6-10-70(11(9)8(3)4)73-72-68-62-56-46-34-26-18-14-12-13-16-20(18)28(34)38-32-24(16)25-17(13)21-19-15(12)23-22(14)30-36(26)44-50-40(30)41-31(23)37-27(19)35-29(21)39-33(25)43-42(32)54(48(38)56)64(68)65-55(43)49(39)57-47(35)53-45(37)51(41)59-58(50)66(60(62)52(44)46)71(10,72)67(59)61(53)63(57)69(65)72/h5-8,14,16,18,20,22,24,30,32,40-43,51,55,59,61,63,65,67,69H,1-4H3. The fraction of sp³-hybridized carbons (Fsp3) is 0.389. The summed E-state index contributed by atoms with van der Waals surface area (Å²) in [7, 11) is 0. The van der Waals surface area contributed by atoms with Crippen LogP contribution in [0, 0.1) is 11.8 Å². The SMILES string of the molecule is CC(C)c1ccc2c(c1C(C)C)SC13c4c5c6c7c8c9c%10c%11c%12c%13c%14c%15c(c%16c%13c%10c7c4-%16)C21C1C%15C2c4c7c%10c%13c%15c%16c%17c%18c%19c%20c%21c%22c%23c(c4c4c%22c%19c%16c%104)C2C%14C%12C%23C%21C%11C9C%20C%18C8C6C%17C%15C5C3C%13C71. The normalized spacial score (nSPS) is 46.7. The minimum atomic E-state index is 0.0136. The molecule has 330 valence electrons. The molecule has 34 rings (SSSR count). The van der Waals surface area contributed by atoms with Crippen molar-refractivity contribution in [1.82, 2.24) is 0 Å². The largest absolute Gasteiger partial charge is 0.112 e. The first kappa shape index (κ1) is 30.2. The van der Waals surface area contributed by atoms with Gasteiger partial charge in [-0.25, -0.2) is 0 Å². The van der Waals surface area contributed by atoms with E-state index in [-0.39, 0.29) is 10.2 Å². The molecular weight excluding hydrogens is 897 g/mol. The van der Waals surface area contributed by atoms with Crippen molar-refractivity contribution in [2.45, 2.75) is 161 Å². The Morgan fingerprint density at radius 3 is 1.05 bits per heavy atom. The fourth-order valence-corrected chi connectivity index (χ4v) is 35.4. The molecule has 0 nitrogen and oxygen atoms in total. The highest BCUT2D eigenvalue weighted by atomic mass is 32.2. The number of thioether (sulfide) groups is 1. The van der Waals surface area contributed by atoms with E-state index in [0.717, 1.165) is 0 Å². The molecule has 1 fully saturated rings. The number of benzene rings is 10. The number of hydrogen-bond donors (Lipinski definition) is 0. The van der Waals surface area contributed by atoms with E-state index in [1.165, 1.54) is 0 Å². The lowest BCUT2D eigenvalue weighted by Gasteiger charge is -2.65. The summed E-state index contributed by atoms with van der Waals surface area (Å²) in [4.78, 5) is 1.82. The minimum absolute atomic E-state index is 0.0136. The molecule has 22 aliphatic carbocycles. The maximum absolute atomic E-state index is 2.93. The summed E-state index contributed by atoms with van der Waals surface area (Å²) in [6, 6.07) is 5.71. The predicted molar refractivity (Wildman–Crippen MR) is 285 cm³/mol. The van der Waals surface area contributed by atoms with E-state index in [9.17, 15) is 0 Å². The third-order valence-electron chi connectivity index (χ3n) is 31.6. The monoisotopic (exact) mass is 932 g/mol. The van der Waals surface area contributed by atoms with Crippen LogP contribution in [0.1, 0.15) is 274 Å². The predicted octanol–water partition coefficient (Wildman–Crippen LogP) is 16.7. The summed E-state index contributed by atoms with van der Waals surface area (Å²) in [5, 5.41) is 30.8. The van der Waals surface area contributed by atoms with Gasteiger partial charge < -0.3 is 0 Å². The molecule has 22 atom stereocenters. The molecule has 22 unspecified atom stereocenters. The smallest absolute Gasteiger partial charge is 0.0645 e. The number of hydrogen-bond acceptors (Lipinski definition) is 1. The second-order valence-electron chi connectivity index (χ2n) is 31.4. The number of fused-ring (bicyclic) bond motifs is 1. The van der Waals surface area contributed by atoms with Gasteiger partial charge in [-0.15, -0.1) is 11.8 Å². The first-order valence-corrected chi connectivity index (χ1v) is 31.0. The molecule has 0 saturated heterocycles. The lowest BCUT2D eigenvalue weighted by atomic mass is 9.39. The lowest BCUT2D eigenvalue weighted by molar-refractivity contribution is 0.0341. The van der Waals surface area contributed by atoms with E-state index < -0.39 is 0 Å². The van der Waals surface area contributed by atoms with Gasteiger partial charge in [-0.1, -0.05) is 39.8 Å². The Bertz CT molecular complexity index is 5600. The van der Waals surface area contributed by atoms with Crippen molar-refractivity contribution in [3.63, 3.8) is 0 Å². The molecule has 0 amide bonds. The molecule has 73 heavy (non-hydrogen) atoms. The Kier molecular flexibility index (Phi) is 2.93. The van der Waals surface area contributed by atoms with Crippen LogP contribution in [-0.4, -0.2) is 0 Å². The fourth-order valence-electron chi connectivity index (χ4n) is 33.0. The van der Waals surface area contributed by atoms with Crippen LogP contribution in [0.3, 0.4) is 0 Å². The van der Waals surface area contributed by atoms with Gasteiger partial charge in [-0.3, -0.25) is 0 Å². The van der Waals surface area contributed by atoms with Gasteiger partial charge >= 0.3 is 0 Å². The zero-order valence-electron chi connectivity index (χ0n) is 40.3. The molecular formula is C72H36S. The van der Waals surface area contributed by atoms with Crippen LogP contribution in [0.15, 0.2) is 17.0 Å². The molecule has 1 saturated carbocycles. The van der Waals surface area contributed by atoms with Crippen LogP contribution >= 0.6 is 11.8 Å². The van der Waals surface area contributed by atoms with Crippen molar-refractivity contribution >= 4 is 97.9 Å². The highest BCUT2D eigenvalue weighted by Gasteiger charge is 2.89. The van der Waals surface area contributed by atoms with E-state index in [1.807, 2.05) is 208 Å². The second kappa shape index (κ2) is 7.06. The summed E-state index contributed by atoms with van der Waals surface area (Å²) in [5.74, 6) is 14.3.